The van der Waals surface area contributed by atoms with Gasteiger partial charge < -0.3 is 4.90 Å². The van der Waals surface area contributed by atoms with Gasteiger partial charge in [-0.05, 0) is 24.3 Å². The highest BCUT2D eigenvalue weighted by Crippen LogP contribution is 2.24. The van der Waals surface area contributed by atoms with Crippen LogP contribution in [0.4, 0.5) is 0 Å². The second-order valence-corrected chi connectivity index (χ2v) is 7.52. The predicted molar refractivity (Wildman–Crippen MR) is 83.4 cm³/mol. The maximum absolute atomic E-state index is 12.1. The summed E-state index contributed by atoms with van der Waals surface area (Å²) in [4.78, 5) is 14.5. The van der Waals surface area contributed by atoms with Crippen LogP contribution in [0.25, 0.3) is 0 Å². The van der Waals surface area contributed by atoms with Crippen LogP contribution in [-0.2, 0) is 0 Å². The maximum atomic E-state index is 12.1. The summed E-state index contributed by atoms with van der Waals surface area (Å²) in [5, 5.41) is 2.00. The molecule has 1 aliphatic rings. The molecule has 4 heteroatoms. The van der Waals surface area contributed by atoms with Gasteiger partial charge in [-0.2, -0.15) is 11.8 Å². The van der Waals surface area contributed by atoms with Gasteiger partial charge in [0.25, 0.3) is 0 Å². The van der Waals surface area contributed by atoms with Crippen molar-refractivity contribution in [3.63, 3.8) is 0 Å². The number of carbonyl (C=O) groups excluding carboxylic acids is 1. The Morgan fingerprint density at radius 3 is 2.42 bits per heavy atom. The van der Waals surface area contributed by atoms with E-state index in [1.165, 1.54) is 0 Å². The average Bonchev–Trinajstić information content (AvgIpc) is 2.36. The fourth-order valence-electron chi connectivity index (χ4n) is 2.51. The fraction of sp³-hybridized carbons (Fsp3) is 0.533. The topological polar surface area (TPSA) is 20.3 Å². The maximum Gasteiger partial charge on any atom is 0.164 e. The number of ketones is 1. The molecule has 0 aromatic heterocycles. The molecule has 1 fully saturated rings. The molecule has 0 radical (unpaired) electrons. The highest BCUT2D eigenvalue weighted by atomic mass is 35.5. The van der Waals surface area contributed by atoms with E-state index in [1.54, 1.807) is 12.1 Å². The minimum atomic E-state index is 0.204. The largest absolute Gasteiger partial charge is 0.301 e. The third kappa shape index (κ3) is 4.51. The molecule has 1 aromatic rings. The molecule has 2 atom stereocenters. The van der Waals surface area contributed by atoms with E-state index >= 15 is 0 Å². The second kappa shape index (κ2) is 6.78. The number of carbonyl (C=O) groups is 1. The van der Waals surface area contributed by atoms with Crippen LogP contribution >= 0.6 is 23.4 Å². The number of halogens is 1. The molecule has 0 aliphatic carbocycles. The Balaban J connectivity index is 1.84. The molecule has 1 heterocycles. The minimum Gasteiger partial charge on any atom is -0.301 e. The van der Waals surface area contributed by atoms with Gasteiger partial charge in [-0.1, -0.05) is 25.4 Å². The van der Waals surface area contributed by atoms with Gasteiger partial charge in [0.2, 0.25) is 0 Å². The van der Waals surface area contributed by atoms with Crippen LogP contribution in [0.2, 0.25) is 5.02 Å². The Bertz CT molecular complexity index is 424. The minimum absolute atomic E-state index is 0.204. The van der Waals surface area contributed by atoms with Crippen molar-refractivity contribution in [2.75, 3.05) is 19.6 Å². The Kier molecular flexibility index (Phi) is 5.31. The van der Waals surface area contributed by atoms with Crippen LogP contribution < -0.4 is 0 Å². The third-order valence-electron chi connectivity index (χ3n) is 3.32. The summed E-state index contributed by atoms with van der Waals surface area (Å²) in [6, 6.07) is 7.16. The SMILES string of the molecule is CC1CN(CCC(=O)c2ccc(Cl)cc2)CC(C)S1. The van der Waals surface area contributed by atoms with Crippen molar-refractivity contribution in [2.45, 2.75) is 30.8 Å². The van der Waals surface area contributed by atoms with Gasteiger partial charge in [0, 0.05) is 47.1 Å². The Morgan fingerprint density at radius 1 is 1.26 bits per heavy atom. The van der Waals surface area contributed by atoms with E-state index in [0.717, 1.165) is 25.2 Å². The number of hydrogen-bond acceptors (Lipinski definition) is 3. The molecule has 2 nitrogen and oxygen atoms in total. The van der Waals surface area contributed by atoms with Crippen LogP contribution in [0.5, 0.6) is 0 Å². The number of Topliss-reactive ketones (excluding diaryl/α,β-unsaturated/α-hetero) is 1. The van der Waals surface area contributed by atoms with E-state index in [0.29, 0.717) is 21.9 Å². The molecule has 0 bridgehead atoms. The first-order valence-electron chi connectivity index (χ1n) is 6.71. The summed E-state index contributed by atoms with van der Waals surface area (Å²) in [7, 11) is 0. The molecule has 19 heavy (non-hydrogen) atoms. The summed E-state index contributed by atoms with van der Waals surface area (Å²) < 4.78 is 0. The lowest BCUT2D eigenvalue weighted by Gasteiger charge is -2.34. The lowest BCUT2D eigenvalue weighted by molar-refractivity contribution is 0.0963. The zero-order chi connectivity index (χ0) is 13.8. The van der Waals surface area contributed by atoms with E-state index < -0.39 is 0 Å². The lowest BCUT2D eigenvalue weighted by Crippen LogP contribution is -2.41. The van der Waals surface area contributed by atoms with E-state index in [9.17, 15) is 4.79 Å². The lowest BCUT2D eigenvalue weighted by atomic mass is 10.1. The predicted octanol–water partition coefficient (Wildman–Crippen LogP) is 3.74. The van der Waals surface area contributed by atoms with Crippen LogP contribution in [0.1, 0.15) is 30.6 Å². The first-order chi connectivity index (χ1) is 9.04. The molecule has 1 aliphatic heterocycles. The standard InChI is InChI=1S/C15H20ClNOS/c1-11-9-17(10-12(2)19-11)8-7-15(18)13-3-5-14(16)6-4-13/h3-6,11-12H,7-10H2,1-2H3. The Morgan fingerprint density at radius 2 is 1.84 bits per heavy atom. The Hall–Kier alpha value is -0.510. The Labute approximate surface area is 124 Å². The highest BCUT2D eigenvalue weighted by Gasteiger charge is 2.22. The van der Waals surface area contributed by atoms with Crippen LogP contribution in [0.3, 0.4) is 0 Å². The molecule has 2 rings (SSSR count). The van der Waals surface area contributed by atoms with Gasteiger partial charge >= 0.3 is 0 Å². The van der Waals surface area contributed by atoms with Crippen molar-refractivity contribution in [3.8, 4) is 0 Å². The van der Waals surface area contributed by atoms with E-state index in [2.05, 4.69) is 18.7 Å². The van der Waals surface area contributed by atoms with Crippen molar-refractivity contribution >= 4 is 29.1 Å². The molecule has 0 amide bonds. The summed E-state index contributed by atoms with van der Waals surface area (Å²) in [6.07, 6.45) is 0.589. The molecule has 2 unspecified atom stereocenters. The van der Waals surface area contributed by atoms with Crippen molar-refractivity contribution in [1.82, 2.24) is 4.90 Å². The number of nitrogens with zero attached hydrogens (tertiary/aromatic N) is 1. The van der Waals surface area contributed by atoms with Crippen molar-refractivity contribution < 1.29 is 4.79 Å². The smallest absolute Gasteiger partial charge is 0.164 e. The normalized spacial score (nSPS) is 24.4. The first-order valence-corrected chi connectivity index (χ1v) is 8.03. The van der Waals surface area contributed by atoms with E-state index in [1.807, 2.05) is 23.9 Å². The second-order valence-electron chi connectivity index (χ2n) is 5.20. The number of rotatable bonds is 4. The molecule has 104 valence electrons. The number of hydrogen-bond donors (Lipinski definition) is 0. The zero-order valence-electron chi connectivity index (χ0n) is 11.4. The van der Waals surface area contributed by atoms with Crippen LogP contribution in [0.15, 0.2) is 24.3 Å². The zero-order valence-corrected chi connectivity index (χ0v) is 13.0. The summed E-state index contributed by atoms with van der Waals surface area (Å²) in [6.45, 7) is 7.55. The summed E-state index contributed by atoms with van der Waals surface area (Å²) in [5.74, 6) is 0.204. The third-order valence-corrected chi connectivity index (χ3v) is 4.80. The molecule has 0 N–H and O–H groups in total. The van der Waals surface area contributed by atoms with Gasteiger partial charge in [-0.15, -0.1) is 0 Å². The fourth-order valence-corrected chi connectivity index (χ4v) is 4.02. The molecular weight excluding hydrogens is 278 g/mol. The number of benzene rings is 1. The van der Waals surface area contributed by atoms with Crippen LogP contribution in [0, 0.1) is 0 Å². The average molecular weight is 298 g/mol. The van der Waals surface area contributed by atoms with Crippen molar-refractivity contribution in [1.29, 1.82) is 0 Å². The molecule has 1 aromatic carbocycles. The van der Waals surface area contributed by atoms with Gasteiger partial charge in [0.15, 0.2) is 5.78 Å². The van der Waals surface area contributed by atoms with Crippen molar-refractivity contribution in [2.24, 2.45) is 0 Å². The highest BCUT2D eigenvalue weighted by molar-refractivity contribution is 8.00. The molecule has 0 spiro atoms. The van der Waals surface area contributed by atoms with Gasteiger partial charge in [0.05, 0.1) is 0 Å². The summed E-state index contributed by atoms with van der Waals surface area (Å²) >= 11 is 7.86. The first kappa shape index (κ1) is 14.9. The van der Waals surface area contributed by atoms with E-state index in [4.69, 9.17) is 11.6 Å². The number of thioether (sulfide) groups is 1. The van der Waals surface area contributed by atoms with Gasteiger partial charge in [0.1, 0.15) is 0 Å². The monoisotopic (exact) mass is 297 g/mol. The van der Waals surface area contributed by atoms with Gasteiger partial charge in [-0.3, -0.25) is 4.79 Å². The van der Waals surface area contributed by atoms with Crippen molar-refractivity contribution in [3.05, 3.63) is 34.9 Å². The molecule has 0 saturated carbocycles. The summed E-state index contributed by atoms with van der Waals surface area (Å²) in [5.41, 5.74) is 0.761. The van der Waals surface area contributed by atoms with Gasteiger partial charge in [-0.25, -0.2) is 0 Å². The molecule has 1 saturated heterocycles. The quantitative estimate of drug-likeness (QED) is 0.790. The molecular formula is C15H20ClNOS. The van der Waals surface area contributed by atoms with Crippen LogP contribution in [-0.4, -0.2) is 40.8 Å². The van der Waals surface area contributed by atoms with E-state index in [-0.39, 0.29) is 5.78 Å².